The number of benzene rings is 1. The Bertz CT molecular complexity index is 547. The standard InChI is InChI=1S/C12H11Cl2NO6/c13-8-2-1-7(3-9(8)14)21-6-10(16)15(4-11(17)18)5-12(19)20/h1-3H,4-6H2,(H,17,18)(H,19,20). The highest BCUT2D eigenvalue weighted by molar-refractivity contribution is 6.42. The number of amides is 1. The molecule has 0 aliphatic carbocycles. The number of halogens is 2. The first-order chi connectivity index (χ1) is 9.79. The molecule has 0 saturated carbocycles. The lowest BCUT2D eigenvalue weighted by atomic mass is 10.3. The van der Waals surface area contributed by atoms with Gasteiger partial charge in [-0.1, -0.05) is 23.2 Å². The van der Waals surface area contributed by atoms with E-state index in [4.69, 9.17) is 38.2 Å². The Balaban J connectivity index is 2.65. The first-order valence-corrected chi connectivity index (χ1v) is 6.34. The molecule has 0 radical (unpaired) electrons. The highest BCUT2D eigenvalue weighted by Crippen LogP contribution is 2.26. The van der Waals surface area contributed by atoms with Crippen molar-refractivity contribution >= 4 is 41.0 Å². The Kier molecular flexibility index (Phi) is 6.26. The van der Waals surface area contributed by atoms with Crippen LogP contribution in [0.4, 0.5) is 0 Å². The normalized spacial score (nSPS) is 10.0. The van der Waals surface area contributed by atoms with Crippen LogP contribution in [0.25, 0.3) is 0 Å². The van der Waals surface area contributed by atoms with Crippen molar-refractivity contribution in [2.75, 3.05) is 19.7 Å². The molecule has 0 atom stereocenters. The molecule has 114 valence electrons. The average Bonchev–Trinajstić information content (AvgIpc) is 2.38. The summed E-state index contributed by atoms with van der Waals surface area (Å²) in [4.78, 5) is 33.6. The van der Waals surface area contributed by atoms with Gasteiger partial charge in [-0.2, -0.15) is 0 Å². The van der Waals surface area contributed by atoms with E-state index >= 15 is 0 Å². The lowest BCUT2D eigenvalue weighted by Gasteiger charge is -2.18. The lowest BCUT2D eigenvalue weighted by molar-refractivity contribution is -0.150. The summed E-state index contributed by atoms with van der Waals surface area (Å²) in [7, 11) is 0. The maximum Gasteiger partial charge on any atom is 0.323 e. The van der Waals surface area contributed by atoms with Gasteiger partial charge in [-0.05, 0) is 12.1 Å². The summed E-state index contributed by atoms with van der Waals surface area (Å²) in [6.07, 6.45) is 0. The zero-order valence-electron chi connectivity index (χ0n) is 10.6. The monoisotopic (exact) mass is 335 g/mol. The summed E-state index contributed by atoms with van der Waals surface area (Å²) in [5.74, 6) is -3.16. The Hall–Kier alpha value is -1.99. The minimum absolute atomic E-state index is 0.231. The van der Waals surface area contributed by atoms with Crippen LogP contribution in [0.5, 0.6) is 5.75 Å². The van der Waals surface area contributed by atoms with E-state index < -0.39 is 37.5 Å². The van der Waals surface area contributed by atoms with E-state index in [9.17, 15) is 14.4 Å². The summed E-state index contributed by atoms with van der Waals surface area (Å²) in [5, 5.41) is 17.8. The van der Waals surface area contributed by atoms with Crippen LogP contribution in [-0.2, 0) is 14.4 Å². The number of hydrogen-bond donors (Lipinski definition) is 2. The Morgan fingerprint density at radius 3 is 2.10 bits per heavy atom. The number of ether oxygens (including phenoxy) is 1. The number of carbonyl (C=O) groups excluding carboxylic acids is 1. The van der Waals surface area contributed by atoms with Gasteiger partial charge < -0.3 is 19.8 Å². The van der Waals surface area contributed by atoms with Crippen molar-refractivity contribution in [3.05, 3.63) is 28.2 Å². The predicted octanol–water partition coefficient (Wildman–Crippen LogP) is 1.37. The highest BCUT2D eigenvalue weighted by Gasteiger charge is 2.20. The molecule has 0 aliphatic rings. The second kappa shape index (κ2) is 7.70. The van der Waals surface area contributed by atoms with Crippen LogP contribution in [0.3, 0.4) is 0 Å². The van der Waals surface area contributed by atoms with Gasteiger partial charge in [0.1, 0.15) is 18.8 Å². The van der Waals surface area contributed by atoms with Crippen LogP contribution >= 0.6 is 23.2 Å². The molecule has 0 aliphatic heterocycles. The van der Waals surface area contributed by atoms with Crippen LogP contribution in [0.2, 0.25) is 10.0 Å². The molecule has 9 heteroatoms. The van der Waals surface area contributed by atoms with Crippen molar-refractivity contribution < 1.29 is 29.3 Å². The van der Waals surface area contributed by atoms with Gasteiger partial charge in [0.05, 0.1) is 10.0 Å². The van der Waals surface area contributed by atoms with Crippen molar-refractivity contribution in [2.45, 2.75) is 0 Å². The molecule has 1 aromatic carbocycles. The van der Waals surface area contributed by atoms with Gasteiger partial charge in [0, 0.05) is 6.07 Å². The third-order valence-corrected chi connectivity index (χ3v) is 3.00. The highest BCUT2D eigenvalue weighted by atomic mass is 35.5. The molecule has 0 unspecified atom stereocenters. The molecule has 7 nitrogen and oxygen atoms in total. The number of hydrogen-bond acceptors (Lipinski definition) is 4. The molecule has 1 aromatic rings. The van der Waals surface area contributed by atoms with Gasteiger partial charge in [0.2, 0.25) is 0 Å². The summed E-state index contributed by atoms with van der Waals surface area (Å²) in [6, 6.07) is 4.33. The largest absolute Gasteiger partial charge is 0.484 e. The van der Waals surface area contributed by atoms with Crippen LogP contribution in [-0.4, -0.2) is 52.7 Å². The van der Waals surface area contributed by atoms with Gasteiger partial charge in [-0.25, -0.2) is 0 Å². The van der Waals surface area contributed by atoms with Crippen LogP contribution < -0.4 is 4.74 Å². The fourth-order valence-corrected chi connectivity index (χ4v) is 1.65. The predicted molar refractivity (Wildman–Crippen MR) is 73.8 cm³/mol. The Morgan fingerprint density at radius 2 is 1.62 bits per heavy atom. The molecule has 0 saturated heterocycles. The molecule has 0 aromatic heterocycles. The van der Waals surface area contributed by atoms with Crippen LogP contribution in [0.15, 0.2) is 18.2 Å². The van der Waals surface area contributed by atoms with Crippen molar-refractivity contribution in [1.82, 2.24) is 4.90 Å². The minimum atomic E-state index is -1.32. The topological polar surface area (TPSA) is 104 Å². The summed E-state index contributed by atoms with van der Waals surface area (Å²) >= 11 is 11.5. The van der Waals surface area contributed by atoms with Gasteiger partial charge in [0.25, 0.3) is 5.91 Å². The molecular formula is C12H11Cl2NO6. The van der Waals surface area contributed by atoms with Crippen molar-refractivity contribution in [2.24, 2.45) is 0 Å². The molecule has 0 spiro atoms. The average molecular weight is 336 g/mol. The first kappa shape index (κ1) is 17.1. The molecule has 0 heterocycles. The SMILES string of the molecule is O=C(O)CN(CC(=O)O)C(=O)COc1ccc(Cl)c(Cl)c1. The molecule has 0 bridgehead atoms. The number of carboxylic acids is 2. The molecule has 0 fully saturated rings. The molecule has 2 N–H and O–H groups in total. The van der Waals surface area contributed by atoms with Crippen molar-refractivity contribution in [3.8, 4) is 5.75 Å². The first-order valence-electron chi connectivity index (χ1n) is 5.59. The fraction of sp³-hybridized carbons (Fsp3) is 0.250. The maximum absolute atomic E-state index is 11.8. The van der Waals surface area contributed by atoms with E-state index in [-0.39, 0.29) is 10.8 Å². The van der Waals surface area contributed by atoms with E-state index in [2.05, 4.69) is 0 Å². The van der Waals surface area contributed by atoms with Crippen molar-refractivity contribution in [1.29, 1.82) is 0 Å². The summed E-state index contributed by atoms with van der Waals surface area (Å²) in [6.45, 7) is -1.97. The summed E-state index contributed by atoms with van der Waals surface area (Å²) in [5.41, 5.74) is 0. The van der Waals surface area contributed by atoms with Crippen molar-refractivity contribution in [3.63, 3.8) is 0 Å². The molecular weight excluding hydrogens is 325 g/mol. The second-order valence-corrected chi connectivity index (χ2v) is 4.72. The smallest absolute Gasteiger partial charge is 0.323 e. The fourth-order valence-electron chi connectivity index (χ4n) is 1.36. The van der Waals surface area contributed by atoms with Gasteiger partial charge in [-0.3, -0.25) is 14.4 Å². The lowest BCUT2D eigenvalue weighted by Crippen LogP contribution is -2.41. The Morgan fingerprint density at radius 1 is 1.05 bits per heavy atom. The molecule has 1 amide bonds. The van der Waals surface area contributed by atoms with Crippen LogP contribution in [0, 0.1) is 0 Å². The third-order valence-electron chi connectivity index (χ3n) is 2.26. The van der Waals surface area contributed by atoms with E-state index in [0.717, 1.165) is 0 Å². The third kappa shape index (κ3) is 5.88. The van der Waals surface area contributed by atoms with E-state index in [1.165, 1.54) is 18.2 Å². The number of rotatable bonds is 7. The number of aliphatic carboxylic acids is 2. The van der Waals surface area contributed by atoms with E-state index in [1.807, 2.05) is 0 Å². The quantitative estimate of drug-likeness (QED) is 0.779. The minimum Gasteiger partial charge on any atom is -0.484 e. The van der Waals surface area contributed by atoms with E-state index in [1.54, 1.807) is 0 Å². The van der Waals surface area contributed by atoms with Gasteiger partial charge in [-0.15, -0.1) is 0 Å². The van der Waals surface area contributed by atoms with Crippen LogP contribution in [0.1, 0.15) is 0 Å². The summed E-state index contributed by atoms with van der Waals surface area (Å²) < 4.78 is 5.13. The zero-order valence-corrected chi connectivity index (χ0v) is 12.1. The molecule has 1 rings (SSSR count). The molecule has 21 heavy (non-hydrogen) atoms. The Labute approximate surface area is 129 Å². The number of carboxylic acid groups (broad SMARTS) is 2. The zero-order chi connectivity index (χ0) is 16.0. The van der Waals surface area contributed by atoms with Gasteiger partial charge in [0.15, 0.2) is 6.61 Å². The van der Waals surface area contributed by atoms with E-state index in [0.29, 0.717) is 9.92 Å². The maximum atomic E-state index is 11.8. The number of carbonyl (C=O) groups is 3. The second-order valence-electron chi connectivity index (χ2n) is 3.90. The van der Waals surface area contributed by atoms with Gasteiger partial charge >= 0.3 is 11.9 Å². The number of nitrogens with zero attached hydrogens (tertiary/aromatic N) is 1.